The lowest BCUT2D eigenvalue weighted by molar-refractivity contribution is -0.141. The van der Waals surface area contributed by atoms with Gasteiger partial charge >= 0.3 is 5.97 Å². The number of aliphatic carboxylic acids is 1. The number of rotatable bonds is 7. The molecule has 0 radical (unpaired) electrons. The van der Waals surface area contributed by atoms with Gasteiger partial charge in [0.05, 0.1) is 5.92 Å². The molecule has 0 amide bonds. The van der Waals surface area contributed by atoms with E-state index in [1.165, 1.54) is 0 Å². The predicted octanol–water partition coefficient (Wildman–Crippen LogP) is 2.67. The Morgan fingerprint density at radius 3 is 2.52 bits per heavy atom. The second-order valence-corrected chi connectivity index (χ2v) is 6.41. The maximum Gasteiger partial charge on any atom is 0.307 e. The van der Waals surface area contributed by atoms with Crippen molar-refractivity contribution in [3.63, 3.8) is 0 Å². The second kappa shape index (κ2) is 8.14. The van der Waals surface area contributed by atoms with E-state index in [2.05, 4.69) is 4.90 Å². The molecule has 1 aliphatic rings. The Hall–Kier alpha value is -2.37. The lowest BCUT2D eigenvalue weighted by Crippen LogP contribution is -2.32. The monoisotopic (exact) mass is 340 g/mol. The molecule has 1 fully saturated rings. The fourth-order valence-electron chi connectivity index (χ4n) is 3.30. The van der Waals surface area contributed by atoms with Gasteiger partial charge in [0, 0.05) is 19.1 Å². The summed E-state index contributed by atoms with van der Waals surface area (Å²) in [4.78, 5) is 13.3. The van der Waals surface area contributed by atoms with Gasteiger partial charge in [-0.3, -0.25) is 9.69 Å². The summed E-state index contributed by atoms with van der Waals surface area (Å²) < 4.78 is 5.81. The van der Waals surface area contributed by atoms with E-state index in [9.17, 15) is 9.90 Å². The van der Waals surface area contributed by atoms with Gasteiger partial charge in [-0.05, 0) is 36.2 Å². The Bertz CT molecular complexity index is 688. The van der Waals surface area contributed by atoms with Crippen molar-refractivity contribution >= 4 is 5.97 Å². The number of ether oxygens (including phenoxy) is 1. The van der Waals surface area contributed by atoms with Crippen LogP contribution in [0.15, 0.2) is 54.6 Å². The summed E-state index contributed by atoms with van der Waals surface area (Å²) in [5, 5.41) is 9.17. The van der Waals surface area contributed by atoms with Crippen LogP contribution in [0.1, 0.15) is 23.6 Å². The Labute approximate surface area is 148 Å². The molecule has 132 valence electrons. The normalized spacial score (nSPS) is 18.8. The van der Waals surface area contributed by atoms with Gasteiger partial charge in [-0.1, -0.05) is 42.5 Å². The van der Waals surface area contributed by atoms with Crippen molar-refractivity contribution in [2.75, 3.05) is 19.6 Å². The molecule has 25 heavy (non-hydrogen) atoms. The molecule has 0 bridgehead atoms. The smallest absolute Gasteiger partial charge is 0.307 e. The highest BCUT2D eigenvalue weighted by molar-refractivity contribution is 5.70. The van der Waals surface area contributed by atoms with E-state index in [1.54, 1.807) is 0 Å². The number of hydrogen-bond donors (Lipinski definition) is 2. The van der Waals surface area contributed by atoms with Crippen LogP contribution in [0.5, 0.6) is 5.75 Å². The molecule has 2 atom stereocenters. The fraction of sp³-hybridized carbons (Fsp3) is 0.350. The summed E-state index contributed by atoms with van der Waals surface area (Å²) in [5.41, 5.74) is 8.18. The summed E-state index contributed by atoms with van der Waals surface area (Å²) >= 11 is 0. The first-order valence-electron chi connectivity index (χ1n) is 8.61. The number of carboxylic acid groups (broad SMARTS) is 1. The zero-order valence-electron chi connectivity index (χ0n) is 14.2. The first-order valence-corrected chi connectivity index (χ1v) is 8.61. The standard InChI is InChI=1S/C20H24N2O3/c21-12-19(22-11-10-17(13-22)20(23)24)16-6-8-18(9-7-16)25-14-15-4-2-1-3-5-15/h1-9,17,19H,10-14,21H2,(H,23,24). The van der Waals surface area contributed by atoms with Gasteiger partial charge in [0.15, 0.2) is 0 Å². The number of likely N-dealkylation sites (tertiary alicyclic amines) is 1. The lowest BCUT2D eigenvalue weighted by atomic mass is 10.1. The predicted molar refractivity (Wildman–Crippen MR) is 96.3 cm³/mol. The van der Waals surface area contributed by atoms with E-state index in [0.717, 1.165) is 23.4 Å². The summed E-state index contributed by atoms with van der Waals surface area (Å²) in [6.45, 7) is 2.33. The van der Waals surface area contributed by atoms with Gasteiger partial charge in [0.25, 0.3) is 0 Å². The molecule has 0 spiro atoms. The van der Waals surface area contributed by atoms with Crippen molar-refractivity contribution in [1.29, 1.82) is 0 Å². The quantitative estimate of drug-likeness (QED) is 0.810. The summed E-state index contributed by atoms with van der Waals surface area (Å²) in [5.74, 6) is -0.196. The largest absolute Gasteiger partial charge is 0.489 e. The SMILES string of the molecule is NCC(c1ccc(OCc2ccccc2)cc1)N1CCC(C(=O)O)C1. The van der Waals surface area contributed by atoms with E-state index in [4.69, 9.17) is 10.5 Å². The molecule has 5 nitrogen and oxygen atoms in total. The van der Waals surface area contributed by atoms with Crippen LogP contribution in [0.25, 0.3) is 0 Å². The maximum atomic E-state index is 11.2. The van der Waals surface area contributed by atoms with Crippen LogP contribution in [-0.4, -0.2) is 35.6 Å². The Morgan fingerprint density at radius 1 is 1.20 bits per heavy atom. The number of carbonyl (C=O) groups is 1. The van der Waals surface area contributed by atoms with E-state index in [-0.39, 0.29) is 12.0 Å². The van der Waals surface area contributed by atoms with Crippen molar-refractivity contribution < 1.29 is 14.6 Å². The van der Waals surface area contributed by atoms with Crippen LogP contribution in [0, 0.1) is 5.92 Å². The molecule has 2 unspecified atom stereocenters. The third-order valence-corrected chi connectivity index (χ3v) is 4.75. The van der Waals surface area contributed by atoms with Gasteiger partial charge in [-0.25, -0.2) is 0 Å². The summed E-state index contributed by atoms with van der Waals surface area (Å²) in [6, 6.07) is 18.0. The van der Waals surface area contributed by atoms with Gasteiger partial charge in [0.1, 0.15) is 12.4 Å². The van der Waals surface area contributed by atoms with Crippen LogP contribution in [-0.2, 0) is 11.4 Å². The van der Waals surface area contributed by atoms with Crippen molar-refractivity contribution in [3.8, 4) is 5.75 Å². The van der Waals surface area contributed by atoms with Crippen molar-refractivity contribution in [1.82, 2.24) is 4.90 Å². The van der Waals surface area contributed by atoms with Crippen LogP contribution < -0.4 is 10.5 Å². The molecule has 1 heterocycles. The minimum atomic E-state index is -0.720. The van der Waals surface area contributed by atoms with Gasteiger partial charge < -0.3 is 15.6 Å². The van der Waals surface area contributed by atoms with Gasteiger partial charge in [-0.15, -0.1) is 0 Å². The third kappa shape index (κ3) is 4.38. The van der Waals surface area contributed by atoms with Crippen molar-refractivity contribution in [2.45, 2.75) is 19.1 Å². The maximum absolute atomic E-state index is 11.2. The first kappa shape index (κ1) is 17.5. The van der Waals surface area contributed by atoms with Gasteiger partial charge in [0.2, 0.25) is 0 Å². The first-order chi connectivity index (χ1) is 12.2. The van der Waals surface area contributed by atoms with E-state index < -0.39 is 5.97 Å². The zero-order valence-corrected chi connectivity index (χ0v) is 14.2. The molecule has 1 saturated heterocycles. The molecule has 2 aromatic rings. The molecule has 3 rings (SSSR count). The van der Waals surface area contributed by atoms with Crippen LogP contribution in [0.4, 0.5) is 0 Å². The third-order valence-electron chi connectivity index (χ3n) is 4.75. The average molecular weight is 340 g/mol. The minimum Gasteiger partial charge on any atom is -0.489 e. The number of nitrogens with two attached hydrogens (primary N) is 1. The molecule has 1 aliphatic heterocycles. The summed E-state index contributed by atoms with van der Waals surface area (Å²) in [6.07, 6.45) is 0.685. The highest BCUT2D eigenvalue weighted by Gasteiger charge is 2.32. The Balaban J connectivity index is 1.61. The molecular weight excluding hydrogens is 316 g/mol. The molecule has 3 N–H and O–H groups in total. The molecule has 5 heteroatoms. The van der Waals surface area contributed by atoms with Crippen LogP contribution in [0.2, 0.25) is 0 Å². The van der Waals surface area contributed by atoms with E-state index in [1.807, 2.05) is 54.6 Å². The Morgan fingerprint density at radius 2 is 1.92 bits per heavy atom. The minimum absolute atomic E-state index is 0.0486. The van der Waals surface area contributed by atoms with E-state index >= 15 is 0 Å². The molecule has 0 aliphatic carbocycles. The molecule has 2 aromatic carbocycles. The van der Waals surface area contributed by atoms with Gasteiger partial charge in [-0.2, -0.15) is 0 Å². The average Bonchev–Trinajstić information content (AvgIpc) is 3.13. The second-order valence-electron chi connectivity index (χ2n) is 6.41. The number of hydrogen-bond acceptors (Lipinski definition) is 4. The number of carboxylic acids is 1. The molecule has 0 saturated carbocycles. The topological polar surface area (TPSA) is 75.8 Å². The Kier molecular flexibility index (Phi) is 5.68. The van der Waals surface area contributed by atoms with E-state index in [0.29, 0.717) is 26.1 Å². The van der Waals surface area contributed by atoms with Crippen molar-refractivity contribution in [3.05, 3.63) is 65.7 Å². The number of nitrogens with zero attached hydrogens (tertiary/aromatic N) is 1. The molecule has 0 aromatic heterocycles. The van der Waals surface area contributed by atoms with Crippen LogP contribution >= 0.6 is 0 Å². The summed E-state index contributed by atoms with van der Waals surface area (Å²) in [7, 11) is 0. The molecular formula is C20H24N2O3. The van der Waals surface area contributed by atoms with Crippen LogP contribution in [0.3, 0.4) is 0 Å². The fourth-order valence-corrected chi connectivity index (χ4v) is 3.30. The zero-order chi connectivity index (χ0) is 17.6. The van der Waals surface area contributed by atoms with Crippen molar-refractivity contribution in [2.24, 2.45) is 11.7 Å². The highest BCUT2D eigenvalue weighted by atomic mass is 16.5. The lowest BCUT2D eigenvalue weighted by Gasteiger charge is -2.27. The number of benzene rings is 2. The highest BCUT2D eigenvalue weighted by Crippen LogP contribution is 2.28.